The first-order valence-corrected chi connectivity index (χ1v) is 8.47. The zero-order valence-electron chi connectivity index (χ0n) is 13.7. The third-order valence-corrected chi connectivity index (χ3v) is 4.36. The maximum Gasteiger partial charge on any atom is 0.287 e. The molecule has 128 valence electrons. The molecule has 2 amide bonds. The molecule has 7 heteroatoms. The van der Waals surface area contributed by atoms with Gasteiger partial charge in [-0.3, -0.25) is 14.4 Å². The minimum Gasteiger partial charge on any atom is -0.459 e. The highest BCUT2D eigenvalue weighted by Crippen LogP contribution is 2.22. The van der Waals surface area contributed by atoms with E-state index in [-0.39, 0.29) is 36.2 Å². The van der Waals surface area contributed by atoms with E-state index in [9.17, 15) is 14.4 Å². The number of ketones is 1. The van der Waals surface area contributed by atoms with Gasteiger partial charge in [-0.05, 0) is 32.0 Å². The number of furan rings is 1. The van der Waals surface area contributed by atoms with E-state index in [1.54, 1.807) is 23.5 Å². The molecule has 0 saturated heterocycles. The summed E-state index contributed by atoms with van der Waals surface area (Å²) in [7, 11) is 0. The number of rotatable bonds is 8. The van der Waals surface area contributed by atoms with Crippen molar-refractivity contribution in [3.05, 3.63) is 45.5 Å². The monoisotopic (exact) mass is 348 g/mol. The molecule has 2 aromatic rings. The molecule has 2 heterocycles. The number of aryl methyl sites for hydroxylation is 2. The molecule has 6 nitrogen and oxygen atoms in total. The Balaban J connectivity index is 1.64. The first-order chi connectivity index (χ1) is 11.5. The van der Waals surface area contributed by atoms with Crippen LogP contribution in [-0.2, 0) is 4.79 Å². The van der Waals surface area contributed by atoms with Crippen LogP contribution in [0.25, 0.3) is 0 Å². The number of nitrogens with one attached hydrogen (secondary N) is 2. The van der Waals surface area contributed by atoms with Crippen molar-refractivity contribution in [1.29, 1.82) is 0 Å². The van der Waals surface area contributed by atoms with Crippen LogP contribution in [0, 0.1) is 13.8 Å². The predicted octanol–water partition coefficient (Wildman–Crippen LogP) is 2.47. The lowest BCUT2D eigenvalue weighted by atomic mass is 10.1. The minimum atomic E-state index is -0.326. The number of hydrogen-bond donors (Lipinski definition) is 2. The van der Waals surface area contributed by atoms with Crippen LogP contribution in [0.2, 0.25) is 0 Å². The summed E-state index contributed by atoms with van der Waals surface area (Å²) in [6.07, 6.45) is 1.74. The summed E-state index contributed by atoms with van der Waals surface area (Å²) in [5.41, 5.74) is 0.705. The summed E-state index contributed by atoms with van der Waals surface area (Å²) in [4.78, 5) is 37.5. The second kappa shape index (κ2) is 8.44. The third kappa shape index (κ3) is 5.06. The normalized spacial score (nSPS) is 10.4. The molecule has 0 atom stereocenters. The summed E-state index contributed by atoms with van der Waals surface area (Å²) in [6, 6.07) is 5.06. The number of amides is 2. The first-order valence-electron chi connectivity index (χ1n) is 7.66. The van der Waals surface area contributed by atoms with E-state index in [0.29, 0.717) is 18.7 Å². The van der Waals surface area contributed by atoms with Crippen LogP contribution in [0.1, 0.15) is 43.5 Å². The molecule has 0 unspecified atom stereocenters. The van der Waals surface area contributed by atoms with Gasteiger partial charge in [0, 0.05) is 41.2 Å². The lowest BCUT2D eigenvalue weighted by Gasteiger charge is -2.06. The molecule has 0 spiro atoms. The zero-order chi connectivity index (χ0) is 17.5. The molecule has 2 aromatic heterocycles. The van der Waals surface area contributed by atoms with Crippen LogP contribution in [0.5, 0.6) is 0 Å². The molecule has 0 aliphatic heterocycles. The van der Waals surface area contributed by atoms with Crippen molar-refractivity contribution in [2.75, 3.05) is 13.1 Å². The summed E-state index contributed by atoms with van der Waals surface area (Å²) in [5.74, 6) is -0.320. The van der Waals surface area contributed by atoms with Gasteiger partial charge in [-0.15, -0.1) is 11.3 Å². The highest BCUT2D eigenvalue weighted by molar-refractivity contribution is 7.12. The van der Waals surface area contributed by atoms with E-state index in [4.69, 9.17) is 4.42 Å². The molecule has 0 bridgehead atoms. The van der Waals surface area contributed by atoms with Gasteiger partial charge >= 0.3 is 0 Å². The Hall–Kier alpha value is -2.41. The number of carbonyl (C=O) groups excluding carboxylic acids is 3. The molecule has 0 aliphatic carbocycles. The second-order valence-electron chi connectivity index (χ2n) is 5.33. The van der Waals surface area contributed by atoms with Crippen LogP contribution in [0.3, 0.4) is 0 Å². The number of hydrogen-bond acceptors (Lipinski definition) is 5. The van der Waals surface area contributed by atoms with Gasteiger partial charge in [0.15, 0.2) is 11.5 Å². The predicted molar refractivity (Wildman–Crippen MR) is 91.4 cm³/mol. The first kappa shape index (κ1) is 17.9. The molecule has 2 rings (SSSR count). The molecule has 0 fully saturated rings. The maximum absolute atomic E-state index is 12.1. The molecule has 0 aliphatic rings. The van der Waals surface area contributed by atoms with E-state index in [1.165, 1.54) is 6.26 Å². The third-order valence-electron chi connectivity index (χ3n) is 3.40. The molecule has 0 radical (unpaired) electrons. The quantitative estimate of drug-likeness (QED) is 0.566. The van der Waals surface area contributed by atoms with Crippen LogP contribution in [-0.4, -0.2) is 30.7 Å². The van der Waals surface area contributed by atoms with Crippen molar-refractivity contribution in [2.24, 2.45) is 0 Å². The van der Waals surface area contributed by atoms with Crippen molar-refractivity contribution < 1.29 is 18.8 Å². The largest absolute Gasteiger partial charge is 0.459 e. The van der Waals surface area contributed by atoms with Gasteiger partial charge < -0.3 is 15.1 Å². The lowest BCUT2D eigenvalue weighted by Crippen LogP contribution is -2.34. The van der Waals surface area contributed by atoms with Gasteiger partial charge in [-0.25, -0.2) is 0 Å². The highest BCUT2D eigenvalue weighted by atomic mass is 32.1. The van der Waals surface area contributed by atoms with Gasteiger partial charge in [-0.1, -0.05) is 0 Å². The van der Waals surface area contributed by atoms with E-state index in [2.05, 4.69) is 10.6 Å². The Kier molecular flexibility index (Phi) is 6.31. The Morgan fingerprint density at radius 3 is 2.50 bits per heavy atom. The minimum absolute atomic E-state index is 0.0156. The van der Waals surface area contributed by atoms with Gasteiger partial charge in [0.1, 0.15) is 0 Å². The Morgan fingerprint density at radius 1 is 1.12 bits per heavy atom. The fourth-order valence-electron chi connectivity index (χ4n) is 2.23. The molecule has 24 heavy (non-hydrogen) atoms. The fraction of sp³-hybridized carbons (Fsp3) is 0.353. The smallest absolute Gasteiger partial charge is 0.287 e. The van der Waals surface area contributed by atoms with Crippen molar-refractivity contribution in [3.63, 3.8) is 0 Å². The summed E-state index contributed by atoms with van der Waals surface area (Å²) < 4.78 is 4.96. The second-order valence-corrected chi connectivity index (χ2v) is 6.79. The topological polar surface area (TPSA) is 88.4 Å². The average Bonchev–Trinajstić information content (AvgIpc) is 3.18. The molecule has 2 N–H and O–H groups in total. The number of thiophene rings is 1. The van der Waals surface area contributed by atoms with Crippen molar-refractivity contribution in [1.82, 2.24) is 10.6 Å². The SMILES string of the molecule is Cc1cc(C(=O)CCC(=O)NCCNC(=O)c2ccco2)c(C)s1. The van der Waals surface area contributed by atoms with Crippen molar-refractivity contribution in [2.45, 2.75) is 26.7 Å². The molecular weight excluding hydrogens is 328 g/mol. The van der Waals surface area contributed by atoms with Gasteiger partial charge in [0.05, 0.1) is 6.26 Å². The van der Waals surface area contributed by atoms with Crippen molar-refractivity contribution >= 4 is 28.9 Å². The molecule has 0 saturated carbocycles. The van der Waals surface area contributed by atoms with E-state index in [1.807, 2.05) is 19.9 Å². The average molecular weight is 348 g/mol. The molecular formula is C17H20N2O4S. The Bertz CT molecular complexity index is 719. The van der Waals surface area contributed by atoms with Crippen LogP contribution >= 0.6 is 11.3 Å². The van der Waals surface area contributed by atoms with Crippen LogP contribution < -0.4 is 10.6 Å². The van der Waals surface area contributed by atoms with Gasteiger partial charge in [0.2, 0.25) is 5.91 Å². The number of Topliss-reactive ketones (excluding diaryl/α,β-unsaturated/α-hetero) is 1. The van der Waals surface area contributed by atoms with Gasteiger partial charge in [0.25, 0.3) is 5.91 Å². The van der Waals surface area contributed by atoms with Crippen molar-refractivity contribution in [3.8, 4) is 0 Å². The Morgan fingerprint density at radius 2 is 1.88 bits per heavy atom. The Labute approximate surface area is 144 Å². The summed E-state index contributed by atoms with van der Waals surface area (Å²) in [5, 5.41) is 5.30. The molecule has 0 aromatic carbocycles. The summed E-state index contributed by atoms with van der Waals surface area (Å²) in [6.45, 7) is 4.46. The fourth-order valence-corrected chi connectivity index (χ4v) is 3.17. The maximum atomic E-state index is 12.1. The van der Waals surface area contributed by atoms with E-state index in [0.717, 1.165) is 9.75 Å². The van der Waals surface area contributed by atoms with E-state index >= 15 is 0 Å². The standard InChI is InChI=1S/C17H20N2O4S/c1-11-10-13(12(2)24-11)14(20)5-6-16(21)18-7-8-19-17(22)15-4-3-9-23-15/h3-4,9-10H,5-8H2,1-2H3,(H,18,21)(H,19,22). The van der Waals surface area contributed by atoms with E-state index < -0.39 is 0 Å². The van der Waals surface area contributed by atoms with Crippen LogP contribution in [0.15, 0.2) is 28.9 Å². The highest BCUT2D eigenvalue weighted by Gasteiger charge is 2.13. The lowest BCUT2D eigenvalue weighted by molar-refractivity contribution is -0.121. The summed E-state index contributed by atoms with van der Waals surface area (Å²) >= 11 is 1.58. The van der Waals surface area contributed by atoms with Crippen LogP contribution in [0.4, 0.5) is 0 Å². The number of carbonyl (C=O) groups is 3. The van der Waals surface area contributed by atoms with Gasteiger partial charge in [-0.2, -0.15) is 0 Å². The zero-order valence-corrected chi connectivity index (χ0v) is 14.5.